The van der Waals surface area contributed by atoms with Crippen LogP contribution in [0.25, 0.3) is 0 Å². The number of carbonyl (C=O) groups is 3. The number of nitrogens with zero attached hydrogens (tertiary/aromatic N) is 2. The summed E-state index contributed by atoms with van der Waals surface area (Å²) in [7, 11) is 0. The van der Waals surface area contributed by atoms with Gasteiger partial charge in [-0.25, -0.2) is 4.79 Å². The summed E-state index contributed by atoms with van der Waals surface area (Å²) in [5, 5.41) is 6.19. The van der Waals surface area contributed by atoms with E-state index < -0.39 is 6.04 Å². The fourth-order valence-electron chi connectivity index (χ4n) is 2.92. The molecule has 142 valence electrons. The van der Waals surface area contributed by atoms with Gasteiger partial charge in [0, 0.05) is 44.7 Å². The number of urea groups is 1. The molecule has 1 aromatic carbocycles. The average Bonchev–Trinajstić information content (AvgIpc) is 2.61. The summed E-state index contributed by atoms with van der Waals surface area (Å²) >= 11 is 5.91. The third-order valence-corrected chi connectivity index (χ3v) is 4.53. The third kappa shape index (κ3) is 5.62. The molecule has 0 saturated carbocycles. The number of amides is 4. The summed E-state index contributed by atoms with van der Waals surface area (Å²) in [6.07, 6.45) is 0.169. The zero-order chi connectivity index (χ0) is 19.1. The first-order valence-corrected chi connectivity index (χ1v) is 9.11. The lowest BCUT2D eigenvalue weighted by Gasteiger charge is -2.35. The second-order valence-corrected chi connectivity index (χ2v) is 6.65. The highest BCUT2D eigenvalue weighted by atomic mass is 35.5. The largest absolute Gasteiger partial charge is 0.349 e. The molecule has 1 aromatic rings. The zero-order valence-electron chi connectivity index (χ0n) is 15.1. The van der Waals surface area contributed by atoms with E-state index in [-0.39, 0.29) is 24.3 Å². The first-order valence-electron chi connectivity index (χ1n) is 8.73. The van der Waals surface area contributed by atoms with Crippen LogP contribution in [-0.2, 0) is 9.59 Å². The van der Waals surface area contributed by atoms with E-state index in [1.807, 2.05) is 19.1 Å². The molecule has 2 N–H and O–H groups in total. The third-order valence-electron chi connectivity index (χ3n) is 4.28. The van der Waals surface area contributed by atoms with Gasteiger partial charge in [0.2, 0.25) is 11.8 Å². The topological polar surface area (TPSA) is 81.8 Å². The maximum Gasteiger partial charge on any atom is 0.317 e. The van der Waals surface area contributed by atoms with Gasteiger partial charge in [-0.05, 0) is 24.6 Å². The van der Waals surface area contributed by atoms with Gasteiger partial charge in [-0.15, -0.1) is 0 Å². The van der Waals surface area contributed by atoms with Crippen molar-refractivity contribution in [1.29, 1.82) is 0 Å². The van der Waals surface area contributed by atoms with Crippen molar-refractivity contribution in [2.75, 3.05) is 32.7 Å². The van der Waals surface area contributed by atoms with Gasteiger partial charge in [0.25, 0.3) is 0 Å². The minimum Gasteiger partial charge on any atom is -0.349 e. The number of hydrogen-bond acceptors (Lipinski definition) is 3. The van der Waals surface area contributed by atoms with Crippen molar-refractivity contribution in [3.63, 3.8) is 0 Å². The lowest BCUT2D eigenvalue weighted by molar-refractivity contribution is -0.133. The first-order chi connectivity index (χ1) is 12.4. The quantitative estimate of drug-likeness (QED) is 0.816. The predicted octanol–water partition coefficient (Wildman–Crippen LogP) is 1.78. The van der Waals surface area contributed by atoms with Gasteiger partial charge >= 0.3 is 6.03 Å². The lowest BCUT2D eigenvalue weighted by Crippen LogP contribution is -2.53. The fraction of sp³-hybridized carbons (Fsp3) is 0.500. The molecule has 0 bridgehead atoms. The Morgan fingerprint density at radius 2 is 1.65 bits per heavy atom. The van der Waals surface area contributed by atoms with Gasteiger partial charge in [0.1, 0.15) is 0 Å². The second kappa shape index (κ2) is 9.43. The predicted molar refractivity (Wildman–Crippen MR) is 99.9 cm³/mol. The van der Waals surface area contributed by atoms with Crippen LogP contribution in [-0.4, -0.2) is 60.4 Å². The number of rotatable bonds is 5. The highest BCUT2D eigenvalue weighted by Gasteiger charge is 2.26. The minimum absolute atomic E-state index is 0.0470. The van der Waals surface area contributed by atoms with Crippen LogP contribution in [0.1, 0.15) is 31.9 Å². The molecule has 1 fully saturated rings. The van der Waals surface area contributed by atoms with Gasteiger partial charge in [0.05, 0.1) is 12.5 Å². The van der Waals surface area contributed by atoms with Crippen LogP contribution < -0.4 is 10.6 Å². The zero-order valence-corrected chi connectivity index (χ0v) is 15.9. The molecule has 1 heterocycles. The van der Waals surface area contributed by atoms with Crippen molar-refractivity contribution in [2.24, 2.45) is 0 Å². The Hall–Kier alpha value is -2.28. The number of nitrogens with one attached hydrogen (secondary N) is 2. The summed E-state index contributed by atoms with van der Waals surface area (Å²) in [4.78, 5) is 39.5. The molecule has 1 unspecified atom stereocenters. The van der Waals surface area contributed by atoms with Crippen LogP contribution in [0.15, 0.2) is 24.3 Å². The van der Waals surface area contributed by atoms with E-state index in [2.05, 4.69) is 10.6 Å². The molecule has 0 aliphatic carbocycles. The Morgan fingerprint density at radius 3 is 2.19 bits per heavy atom. The minimum atomic E-state index is -0.404. The SMILES string of the molecule is CCNC(=O)N1CCN(C(=O)CC(NC(C)=O)c2ccc(Cl)cc2)CC1. The summed E-state index contributed by atoms with van der Waals surface area (Å²) in [6, 6.07) is 6.59. The Morgan fingerprint density at radius 1 is 1.08 bits per heavy atom. The second-order valence-electron chi connectivity index (χ2n) is 6.21. The molecule has 1 aliphatic heterocycles. The van der Waals surface area contributed by atoms with Crippen LogP contribution in [0.2, 0.25) is 5.02 Å². The van der Waals surface area contributed by atoms with Crippen molar-refractivity contribution in [2.45, 2.75) is 26.3 Å². The van der Waals surface area contributed by atoms with Crippen LogP contribution in [0, 0.1) is 0 Å². The standard InChI is InChI=1S/C18H25ClN4O3/c1-3-20-18(26)23-10-8-22(9-11-23)17(25)12-16(21-13(2)24)14-4-6-15(19)7-5-14/h4-7,16H,3,8-12H2,1-2H3,(H,20,26)(H,21,24). The molecule has 1 atom stereocenters. The Bertz CT molecular complexity index is 642. The van der Waals surface area contributed by atoms with Gasteiger partial charge in [0.15, 0.2) is 0 Å². The molecule has 1 saturated heterocycles. The average molecular weight is 381 g/mol. The molecule has 4 amide bonds. The van der Waals surface area contributed by atoms with E-state index in [0.29, 0.717) is 37.7 Å². The molecule has 1 aliphatic rings. The monoisotopic (exact) mass is 380 g/mol. The maximum atomic E-state index is 12.7. The number of halogens is 1. The van der Waals surface area contributed by atoms with E-state index in [9.17, 15) is 14.4 Å². The van der Waals surface area contributed by atoms with E-state index in [0.717, 1.165) is 5.56 Å². The lowest BCUT2D eigenvalue weighted by atomic mass is 10.0. The number of carbonyl (C=O) groups excluding carboxylic acids is 3. The van der Waals surface area contributed by atoms with E-state index in [4.69, 9.17) is 11.6 Å². The summed E-state index contributed by atoms with van der Waals surface area (Å²) in [6.45, 7) is 5.87. The van der Waals surface area contributed by atoms with Crippen LogP contribution in [0.4, 0.5) is 4.79 Å². The molecular weight excluding hydrogens is 356 g/mol. The first kappa shape index (κ1) is 20.0. The van der Waals surface area contributed by atoms with Crippen molar-refractivity contribution < 1.29 is 14.4 Å². The van der Waals surface area contributed by atoms with Gasteiger partial charge in [-0.1, -0.05) is 23.7 Å². The highest BCUT2D eigenvalue weighted by molar-refractivity contribution is 6.30. The smallest absolute Gasteiger partial charge is 0.317 e. The van der Waals surface area contributed by atoms with Gasteiger partial charge in [-0.3, -0.25) is 9.59 Å². The molecule has 0 radical (unpaired) electrons. The van der Waals surface area contributed by atoms with Crippen molar-refractivity contribution in [3.05, 3.63) is 34.9 Å². The molecule has 2 rings (SSSR count). The molecule has 0 aromatic heterocycles. The fourth-order valence-corrected chi connectivity index (χ4v) is 3.04. The van der Waals surface area contributed by atoms with E-state index >= 15 is 0 Å². The Labute approximate surface area is 158 Å². The Balaban J connectivity index is 1.96. The maximum absolute atomic E-state index is 12.7. The van der Waals surface area contributed by atoms with Gasteiger partial charge < -0.3 is 20.4 Å². The summed E-state index contributed by atoms with van der Waals surface area (Å²) in [5.74, 6) is -0.243. The molecule has 26 heavy (non-hydrogen) atoms. The normalized spacial score (nSPS) is 15.3. The number of piperazine rings is 1. The van der Waals surface area contributed by atoms with Crippen LogP contribution in [0.5, 0.6) is 0 Å². The number of hydrogen-bond donors (Lipinski definition) is 2. The number of benzene rings is 1. The van der Waals surface area contributed by atoms with Gasteiger partial charge in [-0.2, -0.15) is 0 Å². The van der Waals surface area contributed by atoms with E-state index in [1.165, 1.54) is 6.92 Å². The molecule has 8 heteroatoms. The summed E-state index contributed by atoms with van der Waals surface area (Å²) in [5.41, 5.74) is 0.832. The Kier molecular flexibility index (Phi) is 7.26. The van der Waals surface area contributed by atoms with Crippen molar-refractivity contribution in [1.82, 2.24) is 20.4 Å². The summed E-state index contributed by atoms with van der Waals surface area (Å²) < 4.78 is 0. The molecule has 0 spiro atoms. The van der Waals surface area contributed by atoms with Crippen LogP contribution >= 0.6 is 11.6 Å². The van der Waals surface area contributed by atoms with Crippen molar-refractivity contribution >= 4 is 29.4 Å². The molecular formula is C18H25ClN4O3. The molecule has 7 nitrogen and oxygen atoms in total. The van der Waals surface area contributed by atoms with Crippen LogP contribution in [0.3, 0.4) is 0 Å². The highest BCUT2D eigenvalue weighted by Crippen LogP contribution is 2.21. The van der Waals surface area contributed by atoms with Crippen molar-refractivity contribution in [3.8, 4) is 0 Å². The van der Waals surface area contributed by atoms with E-state index in [1.54, 1.807) is 21.9 Å².